The van der Waals surface area contributed by atoms with E-state index in [1.165, 1.54) is 11.5 Å². The average molecular weight is 242 g/mol. The summed E-state index contributed by atoms with van der Waals surface area (Å²) in [5.41, 5.74) is 0.435. The SMILES string of the molecule is Cc1cc(C(=O)N[C@@H](CO)CC(C)C)ns1. The van der Waals surface area contributed by atoms with Gasteiger partial charge in [0.2, 0.25) is 0 Å². The molecule has 0 aliphatic heterocycles. The van der Waals surface area contributed by atoms with Gasteiger partial charge in [0.1, 0.15) is 5.69 Å². The molecule has 1 atom stereocenters. The molecule has 0 saturated carbocycles. The van der Waals surface area contributed by atoms with E-state index in [1.807, 2.05) is 6.92 Å². The molecule has 5 heteroatoms. The molecular weight excluding hydrogens is 224 g/mol. The second kappa shape index (κ2) is 5.96. The molecule has 90 valence electrons. The first kappa shape index (κ1) is 13.1. The maximum atomic E-state index is 11.7. The highest BCUT2D eigenvalue weighted by molar-refractivity contribution is 7.05. The van der Waals surface area contributed by atoms with E-state index in [2.05, 4.69) is 23.5 Å². The summed E-state index contributed by atoms with van der Waals surface area (Å²) in [5, 5.41) is 11.9. The van der Waals surface area contributed by atoms with Crippen molar-refractivity contribution in [1.82, 2.24) is 9.69 Å². The van der Waals surface area contributed by atoms with Crippen LogP contribution in [-0.4, -0.2) is 28.0 Å². The fourth-order valence-corrected chi connectivity index (χ4v) is 2.02. The summed E-state index contributed by atoms with van der Waals surface area (Å²) in [6.07, 6.45) is 0.769. The van der Waals surface area contributed by atoms with Crippen LogP contribution in [0.2, 0.25) is 0 Å². The topological polar surface area (TPSA) is 62.2 Å². The minimum atomic E-state index is -0.205. The Morgan fingerprint density at radius 3 is 2.75 bits per heavy atom. The van der Waals surface area contributed by atoms with Crippen molar-refractivity contribution in [2.24, 2.45) is 5.92 Å². The maximum Gasteiger partial charge on any atom is 0.271 e. The highest BCUT2D eigenvalue weighted by atomic mass is 32.1. The fraction of sp³-hybridized carbons (Fsp3) is 0.636. The first-order chi connectivity index (χ1) is 7.52. The van der Waals surface area contributed by atoms with E-state index in [-0.39, 0.29) is 18.6 Å². The summed E-state index contributed by atoms with van der Waals surface area (Å²) in [7, 11) is 0. The van der Waals surface area contributed by atoms with Crippen LogP contribution in [0.5, 0.6) is 0 Å². The lowest BCUT2D eigenvalue weighted by Gasteiger charge is -2.17. The van der Waals surface area contributed by atoms with E-state index < -0.39 is 0 Å². The van der Waals surface area contributed by atoms with Crippen molar-refractivity contribution in [3.63, 3.8) is 0 Å². The Morgan fingerprint density at radius 2 is 2.31 bits per heavy atom. The Labute approximate surface area is 99.9 Å². The number of aryl methyl sites for hydroxylation is 1. The minimum Gasteiger partial charge on any atom is -0.394 e. The molecule has 0 spiro atoms. The van der Waals surface area contributed by atoms with E-state index in [4.69, 9.17) is 5.11 Å². The summed E-state index contributed by atoms with van der Waals surface area (Å²) in [5.74, 6) is 0.235. The molecule has 1 aromatic rings. The predicted molar refractivity (Wildman–Crippen MR) is 64.6 cm³/mol. The van der Waals surface area contributed by atoms with E-state index >= 15 is 0 Å². The van der Waals surface area contributed by atoms with E-state index in [0.29, 0.717) is 11.6 Å². The molecule has 0 radical (unpaired) electrons. The number of hydrogen-bond donors (Lipinski definition) is 2. The lowest BCUT2D eigenvalue weighted by atomic mass is 10.0. The molecule has 1 aromatic heterocycles. The molecule has 0 saturated heterocycles. The highest BCUT2D eigenvalue weighted by Crippen LogP contribution is 2.09. The van der Waals surface area contributed by atoms with Gasteiger partial charge in [0.25, 0.3) is 5.91 Å². The summed E-state index contributed by atoms with van der Waals surface area (Å²) in [4.78, 5) is 12.7. The number of hydrogen-bond acceptors (Lipinski definition) is 4. The lowest BCUT2D eigenvalue weighted by Crippen LogP contribution is -2.38. The third-order valence-corrected chi connectivity index (χ3v) is 2.87. The third kappa shape index (κ3) is 3.90. The quantitative estimate of drug-likeness (QED) is 0.824. The molecule has 0 aromatic carbocycles. The Morgan fingerprint density at radius 1 is 1.62 bits per heavy atom. The maximum absolute atomic E-state index is 11.7. The number of amides is 1. The number of aliphatic hydroxyl groups is 1. The summed E-state index contributed by atoms with van der Waals surface area (Å²) >= 11 is 1.31. The first-order valence-corrected chi connectivity index (χ1v) is 6.15. The normalized spacial score (nSPS) is 12.8. The van der Waals surface area contributed by atoms with Crippen LogP contribution in [0.4, 0.5) is 0 Å². The van der Waals surface area contributed by atoms with Crippen molar-refractivity contribution in [3.8, 4) is 0 Å². The Balaban J connectivity index is 2.55. The van der Waals surface area contributed by atoms with Crippen LogP contribution < -0.4 is 5.32 Å². The fourth-order valence-electron chi connectivity index (χ4n) is 1.48. The van der Waals surface area contributed by atoms with Gasteiger partial charge in [-0.25, -0.2) is 0 Å². The standard InChI is InChI=1S/C11H18N2O2S/c1-7(2)4-9(6-14)12-11(15)10-5-8(3)16-13-10/h5,7,9,14H,4,6H2,1-3H3,(H,12,15)/t9-/m1/s1. The number of carbonyl (C=O) groups excluding carboxylic acids is 1. The van der Waals surface area contributed by atoms with Gasteiger partial charge < -0.3 is 10.4 Å². The van der Waals surface area contributed by atoms with Crippen molar-refractivity contribution in [1.29, 1.82) is 0 Å². The number of nitrogens with one attached hydrogen (secondary N) is 1. The molecule has 1 amide bonds. The molecule has 1 rings (SSSR count). The van der Waals surface area contributed by atoms with Gasteiger partial charge in [-0.1, -0.05) is 13.8 Å². The molecule has 0 bridgehead atoms. The van der Waals surface area contributed by atoms with E-state index in [1.54, 1.807) is 6.07 Å². The summed E-state index contributed by atoms with van der Waals surface area (Å²) in [6, 6.07) is 1.57. The van der Waals surface area contributed by atoms with Gasteiger partial charge in [0, 0.05) is 4.88 Å². The van der Waals surface area contributed by atoms with Gasteiger partial charge in [-0.15, -0.1) is 0 Å². The Kier molecular flexibility index (Phi) is 4.89. The van der Waals surface area contributed by atoms with Crippen LogP contribution in [-0.2, 0) is 0 Å². The van der Waals surface area contributed by atoms with Crippen molar-refractivity contribution >= 4 is 17.4 Å². The van der Waals surface area contributed by atoms with Crippen LogP contribution >= 0.6 is 11.5 Å². The lowest BCUT2D eigenvalue weighted by molar-refractivity contribution is 0.0904. The van der Waals surface area contributed by atoms with Crippen LogP contribution in [0.25, 0.3) is 0 Å². The highest BCUT2D eigenvalue weighted by Gasteiger charge is 2.16. The van der Waals surface area contributed by atoms with E-state index in [0.717, 1.165) is 11.3 Å². The van der Waals surface area contributed by atoms with Gasteiger partial charge >= 0.3 is 0 Å². The molecule has 4 nitrogen and oxygen atoms in total. The van der Waals surface area contributed by atoms with Crippen LogP contribution in [0.15, 0.2) is 6.07 Å². The second-order valence-corrected chi connectivity index (χ2v) is 5.31. The number of carbonyl (C=O) groups is 1. The van der Waals surface area contributed by atoms with Gasteiger partial charge in [-0.05, 0) is 36.9 Å². The zero-order valence-electron chi connectivity index (χ0n) is 9.86. The molecule has 0 unspecified atom stereocenters. The third-order valence-electron chi connectivity index (χ3n) is 2.17. The molecule has 16 heavy (non-hydrogen) atoms. The largest absolute Gasteiger partial charge is 0.394 e. The summed E-state index contributed by atoms with van der Waals surface area (Å²) < 4.78 is 4.03. The van der Waals surface area contributed by atoms with Crippen LogP contribution in [0.3, 0.4) is 0 Å². The van der Waals surface area contributed by atoms with Crippen molar-refractivity contribution in [2.75, 3.05) is 6.61 Å². The molecule has 2 N–H and O–H groups in total. The number of nitrogens with zero attached hydrogens (tertiary/aromatic N) is 1. The van der Waals surface area contributed by atoms with Crippen molar-refractivity contribution < 1.29 is 9.90 Å². The zero-order chi connectivity index (χ0) is 12.1. The number of aliphatic hydroxyl groups excluding tert-OH is 1. The smallest absolute Gasteiger partial charge is 0.271 e. The first-order valence-electron chi connectivity index (χ1n) is 5.38. The summed E-state index contributed by atoms with van der Waals surface area (Å²) in [6.45, 7) is 5.99. The van der Waals surface area contributed by atoms with Gasteiger partial charge in [0.15, 0.2) is 0 Å². The molecule has 0 fully saturated rings. The predicted octanol–water partition coefficient (Wildman–Crippen LogP) is 1.59. The van der Waals surface area contributed by atoms with E-state index in [9.17, 15) is 4.79 Å². The molecule has 1 heterocycles. The number of aromatic nitrogens is 1. The molecule has 0 aliphatic carbocycles. The Hall–Kier alpha value is -0.940. The average Bonchev–Trinajstić information content (AvgIpc) is 2.63. The monoisotopic (exact) mass is 242 g/mol. The van der Waals surface area contributed by atoms with Crippen molar-refractivity contribution in [2.45, 2.75) is 33.2 Å². The van der Waals surface area contributed by atoms with Crippen molar-refractivity contribution in [3.05, 3.63) is 16.6 Å². The Bertz CT molecular complexity index is 350. The van der Waals surface area contributed by atoms with Crippen LogP contribution in [0, 0.1) is 12.8 Å². The van der Waals surface area contributed by atoms with Gasteiger partial charge in [0.05, 0.1) is 12.6 Å². The zero-order valence-corrected chi connectivity index (χ0v) is 10.7. The van der Waals surface area contributed by atoms with Gasteiger partial charge in [-0.3, -0.25) is 4.79 Å². The second-order valence-electron chi connectivity index (χ2n) is 4.31. The molecular formula is C11H18N2O2S. The van der Waals surface area contributed by atoms with Gasteiger partial charge in [-0.2, -0.15) is 4.37 Å². The van der Waals surface area contributed by atoms with Crippen LogP contribution in [0.1, 0.15) is 35.6 Å². The molecule has 0 aliphatic rings. The minimum absolute atomic E-state index is 0.0347. The number of rotatable bonds is 5.